The number of primary amides is 1. The molecule has 1 aromatic heterocycles. The number of benzene rings is 1. The van der Waals surface area contributed by atoms with Crippen LogP contribution in [0.3, 0.4) is 0 Å². The molecule has 1 aliphatic heterocycles. The molecular weight excluding hydrogens is 396 g/mol. The summed E-state index contributed by atoms with van der Waals surface area (Å²) in [5.74, 6) is -0.473. The maximum atomic E-state index is 13.0. The molecule has 1 aliphatic carbocycles. The lowest BCUT2D eigenvalue weighted by atomic mass is 10.1. The largest absolute Gasteiger partial charge is 0.365 e. The summed E-state index contributed by atoms with van der Waals surface area (Å²) in [6.45, 7) is 9.97. The van der Waals surface area contributed by atoms with Crippen LogP contribution in [0.2, 0.25) is 0 Å². The zero-order valence-corrected chi connectivity index (χ0v) is 18.8. The van der Waals surface area contributed by atoms with Gasteiger partial charge in [-0.1, -0.05) is 12.1 Å². The number of anilines is 2. The zero-order valence-electron chi connectivity index (χ0n) is 18.0. The third kappa shape index (κ3) is 3.84. The second kappa shape index (κ2) is 8.40. The number of hydrogen-bond donors (Lipinski definition) is 3. The molecule has 1 saturated heterocycles. The molecule has 1 atom stereocenters. The van der Waals surface area contributed by atoms with Gasteiger partial charge in [-0.3, -0.25) is 9.59 Å². The minimum Gasteiger partial charge on any atom is -0.365 e. The van der Waals surface area contributed by atoms with Crippen molar-refractivity contribution in [2.75, 3.05) is 36.4 Å². The number of nitrogens with one attached hydrogen (secondary N) is 2. The molecule has 2 amide bonds. The van der Waals surface area contributed by atoms with Crippen molar-refractivity contribution < 1.29 is 14.5 Å². The summed E-state index contributed by atoms with van der Waals surface area (Å²) in [4.78, 5) is 29.9. The zero-order chi connectivity index (χ0) is 21.4. The maximum Gasteiger partial charge on any atom is 0.282 e. The molecule has 2 aromatic rings. The molecule has 160 valence electrons. The van der Waals surface area contributed by atoms with Gasteiger partial charge in [0.05, 0.1) is 31.7 Å². The van der Waals surface area contributed by atoms with E-state index in [1.807, 2.05) is 6.92 Å². The van der Waals surface area contributed by atoms with E-state index >= 15 is 0 Å². The number of carbonyl (C=O) groups is 2. The minimum absolute atomic E-state index is 0.0346. The van der Waals surface area contributed by atoms with Gasteiger partial charge in [0.1, 0.15) is 5.00 Å². The Morgan fingerprint density at radius 3 is 2.63 bits per heavy atom. The second-order valence-electron chi connectivity index (χ2n) is 8.50. The molecule has 0 bridgehead atoms. The van der Waals surface area contributed by atoms with E-state index in [4.69, 9.17) is 5.73 Å². The third-order valence-electron chi connectivity index (χ3n) is 6.73. The smallest absolute Gasteiger partial charge is 0.282 e. The van der Waals surface area contributed by atoms with Gasteiger partial charge in [-0.15, -0.1) is 11.3 Å². The summed E-state index contributed by atoms with van der Waals surface area (Å²) in [5, 5.41) is 3.66. The van der Waals surface area contributed by atoms with E-state index in [9.17, 15) is 9.59 Å². The normalized spacial score (nSPS) is 17.6. The van der Waals surface area contributed by atoms with Gasteiger partial charge in [-0.05, 0) is 62.8 Å². The van der Waals surface area contributed by atoms with Crippen LogP contribution in [0, 0.1) is 13.8 Å². The summed E-state index contributed by atoms with van der Waals surface area (Å²) in [6.07, 6.45) is 2.90. The number of nitrogens with two attached hydrogens (primary N) is 1. The van der Waals surface area contributed by atoms with E-state index in [1.165, 1.54) is 37.9 Å². The molecule has 0 saturated carbocycles. The van der Waals surface area contributed by atoms with Gasteiger partial charge in [0.15, 0.2) is 6.04 Å². The SMILES string of the molecule is Cc1cccc(N2CC[NH+]([C@H](C)C(=O)Nc3sc4c(c3C(N)=O)CCC4)CC2)c1C. The van der Waals surface area contributed by atoms with Gasteiger partial charge in [0.25, 0.3) is 11.8 Å². The Bertz CT molecular complexity index is 976. The first-order valence-electron chi connectivity index (χ1n) is 10.8. The minimum atomic E-state index is -0.438. The van der Waals surface area contributed by atoms with Crippen LogP contribution in [0.15, 0.2) is 18.2 Å². The summed E-state index contributed by atoms with van der Waals surface area (Å²) >= 11 is 1.52. The summed E-state index contributed by atoms with van der Waals surface area (Å²) in [5.41, 5.74) is 11.1. The average Bonchev–Trinajstić information content (AvgIpc) is 3.30. The molecular formula is C23H31N4O2S+. The highest BCUT2D eigenvalue weighted by atomic mass is 32.1. The van der Waals surface area contributed by atoms with Crippen molar-refractivity contribution in [3.05, 3.63) is 45.3 Å². The van der Waals surface area contributed by atoms with Crippen LogP contribution in [0.5, 0.6) is 0 Å². The summed E-state index contributed by atoms with van der Waals surface area (Å²) < 4.78 is 0. The number of aryl methyl sites for hydroxylation is 2. The predicted octanol–water partition coefficient (Wildman–Crippen LogP) is 1.68. The first-order valence-corrected chi connectivity index (χ1v) is 11.6. The Labute approximate surface area is 182 Å². The van der Waals surface area contributed by atoms with E-state index in [0.717, 1.165) is 51.0 Å². The lowest BCUT2D eigenvalue weighted by molar-refractivity contribution is -0.914. The lowest BCUT2D eigenvalue weighted by Crippen LogP contribution is -3.19. The Morgan fingerprint density at radius 1 is 1.20 bits per heavy atom. The van der Waals surface area contributed by atoms with Crippen LogP contribution in [0.25, 0.3) is 0 Å². The fraction of sp³-hybridized carbons (Fsp3) is 0.478. The van der Waals surface area contributed by atoms with Crippen molar-refractivity contribution >= 4 is 33.8 Å². The van der Waals surface area contributed by atoms with Gasteiger partial charge < -0.3 is 20.9 Å². The number of nitrogens with zero attached hydrogens (tertiary/aromatic N) is 1. The summed E-state index contributed by atoms with van der Waals surface area (Å²) in [6, 6.07) is 6.27. The van der Waals surface area contributed by atoms with E-state index in [0.29, 0.717) is 10.6 Å². The molecule has 0 unspecified atom stereocenters. The summed E-state index contributed by atoms with van der Waals surface area (Å²) in [7, 11) is 0. The molecule has 2 aliphatic rings. The molecule has 0 radical (unpaired) electrons. The van der Waals surface area contributed by atoms with E-state index in [2.05, 4.69) is 42.3 Å². The van der Waals surface area contributed by atoms with Crippen molar-refractivity contribution in [3.63, 3.8) is 0 Å². The quantitative estimate of drug-likeness (QED) is 0.679. The Kier molecular flexibility index (Phi) is 5.84. The molecule has 30 heavy (non-hydrogen) atoms. The van der Waals surface area contributed by atoms with Crippen LogP contribution in [0.4, 0.5) is 10.7 Å². The van der Waals surface area contributed by atoms with Crippen LogP contribution >= 0.6 is 11.3 Å². The van der Waals surface area contributed by atoms with Crippen LogP contribution in [-0.2, 0) is 17.6 Å². The molecule has 1 aromatic carbocycles. The fourth-order valence-electron chi connectivity index (χ4n) is 4.70. The topological polar surface area (TPSA) is 79.9 Å². The molecule has 6 nitrogen and oxygen atoms in total. The highest BCUT2D eigenvalue weighted by Crippen LogP contribution is 2.38. The number of quaternary nitrogens is 1. The number of piperazine rings is 1. The molecule has 2 heterocycles. The molecule has 0 spiro atoms. The number of hydrogen-bond acceptors (Lipinski definition) is 4. The first-order chi connectivity index (χ1) is 14.4. The van der Waals surface area contributed by atoms with Crippen LogP contribution < -0.4 is 20.9 Å². The van der Waals surface area contributed by atoms with Gasteiger partial charge >= 0.3 is 0 Å². The highest BCUT2D eigenvalue weighted by Gasteiger charge is 2.32. The highest BCUT2D eigenvalue weighted by molar-refractivity contribution is 7.17. The van der Waals surface area contributed by atoms with Crippen molar-refractivity contribution in [3.8, 4) is 0 Å². The van der Waals surface area contributed by atoms with Crippen LogP contribution in [-0.4, -0.2) is 44.0 Å². The number of amides is 2. The number of thiophene rings is 1. The number of carbonyl (C=O) groups excluding carboxylic acids is 2. The van der Waals surface area contributed by atoms with Crippen molar-refractivity contribution in [1.29, 1.82) is 0 Å². The number of fused-ring (bicyclic) bond motifs is 1. The van der Waals surface area contributed by atoms with Gasteiger partial charge in [0.2, 0.25) is 0 Å². The van der Waals surface area contributed by atoms with E-state index in [-0.39, 0.29) is 11.9 Å². The standard InChI is InChI=1S/C23H30N4O2S/c1-14-6-4-8-18(15(14)2)27-12-10-26(11-13-27)16(3)22(29)25-23-20(21(24)28)17-7-5-9-19(17)30-23/h4,6,8,16H,5,7,9-13H2,1-3H3,(H2,24,28)(H,25,29)/p+1/t16-/m1/s1. The third-order valence-corrected chi connectivity index (χ3v) is 7.94. The lowest BCUT2D eigenvalue weighted by Gasteiger charge is -2.36. The van der Waals surface area contributed by atoms with E-state index < -0.39 is 5.91 Å². The monoisotopic (exact) mass is 427 g/mol. The van der Waals surface area contributed by atoms with Gasteiger partial charge in [-0.25, -0.2) is 0 Å². The Balaban J connectivity index is 1.40. The Hall–Kier alpha value is -2.38. The first kappa shape index (κ1) is 20.9. The number of rotatable bonds is 5. The van der Waals surface area contributed by atoms with Crippen molar-refractivity contribution in [1.82, 2.24) is 0 Å². The Morgan fingerprint density at radius 2 is 1.93 bits per heavy atom. The van der Waals surface area contributed by atoms with Crippen LogP contribution in [0.1, 0.15) is 45.3 Å². The molecule has 7 heteroatoms. The maximum absolute atomic E-state index is 13.0. The average molecular weight is 428 g/mol. The van der Waals surface area contributed by atoms with E-state index in [1.54, 1.807) is 0 Å². The van der Waals surface area contributed by atoms with Gasteiger partial charge in [-0.2, -0.15) is 0 Å². The molecule has 4 N–H and O–H groups in total. The second-order valence-corrected chi connectivity index (χ2v) is 9.61. The molecule has 4 rings (SSSR count). The molecule has 1 fully saturated rings. The van der Waals surface area contributed by atoms with Gasteiger partial charge in [0, 0.05) is 10.6 Å². The van der Waals surface area contributed by atoms with Crippen molar-refractivity contribution in [2.45, 2.75) is 46.1 Å². The predicted molar refractivity (Wildman–Crippen MR) is 122 cm³/mol. The fourth-order valence-corrected chi connectivity index (χ4v) is 6.00. The van der Waals surface area contributed by atoms with Crippen molar-refractivity contribution in [2.24, 2.45) is 5.73 Å².